The number of rotatable bonds is 19. The molecule has 1 aliphatic carbocycles. The van der Waals surface area contributed by atoms with Crippen LogP contribution in [0.1, 0.15) is 67.8 Å². The van der Waals surface area contributed by atoms with E-state index in [1.54, 1.807) is 28.1 Å². The second-order valence-corrected chi connectivity index (χ2v) is 16.1. The molecule has 6 rings (SSSR count). The summed E-state index contributed by atoms with van der Waals surface area (Å²) in [6.45, 7) is 2.11. The van der Waals surface area contributed by atoms with Crippen molar-refractivity contribution >= 4 is 70.7 Å². The highest BCUT2D eigenvalue weighted by atomic mass is 16.3. The van der Waals surface area contributed by atoms with Gasteiger partial charge < -0.3 is 53.4 Å². The molecule has 340 valence electrons. The second-order valence-electron chi connectivity index (χ2n) is 16.1. The fourth-order valence-electron chi connectivity index (χ4n) is 7.82. The molecule has 0 saturated heterocycles. The number of nitrogens with two attached hydrogens (primary N) is 3. The van der Waals surface area contributed by atoms with Gasteiger partial charge in [0.05, 0.1) is 29.6 Å². The third-order valence-electron chi connectivity index (χ3n) is 11.4. The molecule has 0 unspecified atom stereocenters. The van der Waals surface area contributed by atoms with Crippen molar-refractivity contribution in [3.8, 4) is 0 Å². The number of nitrogens with zero attached hydrogens (tertiary/aromatic N) is 5. The Kier molecular flexibility index (Phi) is 14.9. The van der Waals surface area contributed by atoms with Crippen LogP contribution < -0.4 is 38.5 Å². The zero-order valence-corrected chi connectivity index (χ0v) is 35.6. The lowest BCUT2D eigenvalue weighted by atomic mass is 9.92. The molecule has 9 amide bonds. The largest absolute Gasteiger partial charge is 0.395 e. The van der Waals surface area contributed by atoms with Gasteiger partial charge in [-0.05, 0) is 61.4 Å². The first-order valence-electron chi connectivity index (χ1n) is 21.2. The van der Waals surface area contributed by atoms with Crippen LogP contribution in [0.15, 0.2) is 53.2 Å². The molecule has 0 radical (unpaired) electrons. The number of aliphatic imine (C=N–C) groups is 1. The molecule has 21 nitrogen and oxygen atoms in total. The number of benzene rings is 1. The van der Waals surface area contributed by atoms with E-state index >= 15 is 0 Å². The number of amides is 9. The summed E-state index contributed by atoms with van der Waals surface area (Å²) in [5.41, 5.74) is 21.0. The smallest absolute Gasteiger partial charge is 0.312 e. The first-order chi connectivity index (χ1) is 30.6. The number of nitrogens with one attached hydrogen (secondary N) is 4. The molecule has 4 aliphatic rings. The molecule has 21 heteroatoms. The number of carbonyl (C=O) groups is 8. The standard InChI is InChI=1S/C43H54N12O9/c1-2-13-53(15-16-56)39(61)26-17-25-5-6-28(20-33(25)51-34(45)19-26)43(10-11-43)41(63)50-29-18-27-23-54(14-9-31(27)48-21-29)40(62)32(4-3-12-47-42(46)64)52-38(60)30(44)22-49-35(57)24-55-36(58)7-8-37(55)59/h5-8,17-18,20-21,30,32,56H,2-4,9-16,19,22-24,44H2,1H3,(H2,45,51)(H,49,57)(H,50,63)(H,52,60)(H3,46,47,64)/t30-,32+/m1/s1. The van der Waals surface area contributed by atoms with Crippen LogP contribution >= 0.6 is 0 Å². The van der Waals surface area contributed by atoms with Crippen molar-refractivity contribution < 1.29 is 43.5 Å². The van der Waals surface area contributed by atoms with Gasteiger partial charge in [-0.25, -0.2) is 9.79 Å². The van der Waals surface area contributed by atoms with Gasteiger partial charge in [-0.3, -0.25) is 43.4 Å². The number of aliphatic hydroxyl groups excluding tert-OH is 1. The van der Waals surface area contributed by atoms with Gasteiger partial charge in [0, 0.05) is 81.1 Å². The van der Waals surface area contributed by atoms with Gasteiger partial charge in [-0.1, -0.05) is 19.1 Å². The Balaban J connectivity index is 1.10. The fraction of sp³-hybridized carbons (Fsp3) is 0.442. The highest BCUT2D eigenvalue weighted by Crippen LogP contribution is 2.50. The van der Waals surface area contributed by atoms with Gasteiger partial charge in [0.1, 0.15) is 24.5 Å². The van der Waals surface area contributed by atoms with Crippen LogP contribution in [0.3, 0.4) is 0 Å². The number of amidine groups is 1. The van der Waals surface area contributed by atoms with Crippen molar-refractivity contribution in [2.45, 2.75) is 75.9 Å². The van der Waals surface area contributed by atoms with Crippen LogP contribution in [0.5, 0.6) is 0 Å². The number of primary amides is 1. The van der Waals surface area contributed by atoms with E-state index in [0.29, 0.717) is 53.9 Å². The predicted octanol–water partition coefficient (Wildman–Crippen LogP) is -1.05. The Morgan fingerprint density at radius 2 is 1.78 bits per heavy atom. The topological polar surface area (TPSA) is 318 Å². The van der Waals surface area contributed by atoms with Crippen LogP contribution in [-0.4, -0.2) is 136 Å². The molecule has 1 fully saturated rings. The molecule has 0 spiro atoms. The summed E-state index contributed by atoms with van der Waals surface area (Å²) in [7, 11) is 0. The summed E-state index contributed by atoms with van der Waals surface area (Å²) in [5.74, 6) is -3.38. The van der Waals surface area contributed by atoms with Gasteiger partial charge in [0.2, 0.25) is 29.5 Å². The van der Waals surface area contributed by atoms with E-state index in [-0.39, 0.29) is 76.2 Å². The summed E-state index contributed by atoms with van der Waals surface area (Å²) >= 11 is 0. The van der Waals surface area contributed by atoms with Gasteiger partial charge in [0.25, 0.3) is 11.8 Å². The zero-order chi connectivity index (χ0) is 46.1. The summed E-state index contributed by atoms with van der Waals surface area (Å²) in [6, 6.07) is 4.15. The molecular weight excluding hydrogens is 829 g/mol. The van der Waals surface area contributed by atoms with E-state index in [1.165, 1.54) is 0 Å². The van der Waals surface area contributed by atoms with E-state index in [1.807, 2.05) is 25.1 Å². The van der Waals surface area contributed by atoms with Crippen molar-refractivity contribution in [2.75, 3.05) is 51.2 Å². The van der Waals surface area contributed by atoms with Crippen molar-refractivity contribution in [2.24, 2.45) is 22.2 Å². The minimum atomic E-state index is -1.30. The third kappa shape index (κ3) is 11.1. The monoisotopic (exact) mass is 882 g/mol. The molecule has 2 atom stereocenters. The number of pyridine rings is 1. The molecule has 11 N–H and O–H groups in total. The Hall–Kier alpha value is -7.00. The molecule has 2 aromatic rings. The predicted molar refractivity (Wildman–Crippen MR) is 233 cm³/mol. The lowest BCUT2D eigenvalue weighted by Gasteiger charge is -2.32. The van der Waals surface area contributed by atoms with E-state index in [9.17, 15) is 43.5 Å². The Morgan fingerprint density at radius 1 is 1.03 bits per heavy atom. The van der Waals surface area contributed by atoms with Gasteiger partial charge >= 0.3 is 6.03 Å². The quantitative estimate of drug-likeness (QED) is 0.0619. The maximum absolute atomic E-state index is 14.0. The van der Waals surface area contributed by atoms with Crippen molar-refractivity contribution in [1.82, 2.24) is 35.6 Å². The summed E-state index contributed by atoms with van der Waals surface area (Å²) in [4.78, 5) is 115. The zero-order valence-electron chi connectivity index (χ0n) is 35.6. The second kappa shape index (κ2) is 20.5. The van der Waals surface area contributed by atoms with E-state index < -0.39 is 59.6 Å². The Labute approximate surface area is 368 Å². The highest BCUT2D eigenvalue weighted by Gasteiger charge is 2.51. The number of urea groups is 1. The minimum absolute atomic E-state index is 0.105. The average molecular weight is 883 g/mol. The lowest BCUT2D eigenvalue weighted by Crippen LogP contribution is -2.56. The number of hydrogen-bond donors (Lipinski definition) is 8. The number of fused-ring (bicyclic) bond motifs is 2. The number of anilines is 1. The van der Waals surface area contributed by atoms with Crippen LogP contribution in [0.25, 0.3) is 6.08 Å². The lowest BCUT2D eigenvalue weighted by molar-refractivity contribution is -0.141. The first kappa shape index (κ1) is 46.5. The SMILES string of the molecule is CCCN(CCO)C(=O)C1=Cc2ccc(C3(C(=O)Nc4cnc5c(c4)CN(C(=O)[C@H](CCCNC(N)=O)NC(=O)[C@H](N)CNC(=O)CN4C(=O)C=CC4=O)CC5)CC3)cc2N=C(N)C1. The van der Waals surface area contributed by atoms with E-state index in [2.05, 4.69) is 31.2 Å². The Morgan fingerprint density at radius 3 is 2.47 bits per heavy atom. The molecule has 64 heavy (non-hydrogen) atoms. The summed E-state index contributed by atoms with van der Waals surface area (Å²) < 4.78 is 0. The summed E-state index contributed by atoms with van der Waals surface area (Å²) in [5, 5.41) is 20.1. The molecule has 1 saturated carbocycles. The summed E-state index contributed by atoms with van der Waals surface area (Å²) in [6.07, 6.45) is 8.22. The van der Waals surface area contributed by atoms with Crippen LogP contribution in [0.2, 0.25) is 0 Å². The number of aliphatic hydroxyl groups is 1. The number of carbonyl (C=O) groups excluding carboxylic acids is 8. The minimum Gasteiger partial charge on any atom is -0.395 e. The molecule has 4 heterocycles. The van der Waals surface area contributed by atoms with Crippen molar-refractivity contribution in [3.05, 3.63) is 70.6 Å². The number of imide groups is 1. The number of hydrogen-bond acceptors (Lipinski definition) is 13. The highest BCUT2D eigenvalue weighted by molar-refractivity contribution is 6.14. The average Bonchev–Trinajstić information content (AvgIpc) is 4.05. The maximum Gasteiger partial charge on any atom is 0.312 e. The fourth-order valence-corrected chi connectivity index (χ4v) is 7.82. The Bertz CT molecular complexity index is 2280. The third-order valence-corrected chi connectivity index (χ3v) is 11.4. The van der Waals surface area contributed by atoms with Crippen LogP contribution in [0.4, 0.5) is 16.2 Å². The first-order valence-corrected chi connectivity index (χ1v) is 21.2. The van der Waals surface area contributed by atoms with Crippen molar-refractivity contribution in [3.63, 3.8) is 0 Å². The molecule has 3 aliphatic heterocycles. The van der Waals surface area contributed by atoms with Gasteiger partial charge in [0.15, 0.2) is 0 Å². The molecule has 0 bridgehead atoms. The molecule has 1 aromatic heterocycles. The number of aromatic nitrogens is 1. The van der Waals surface area contributed by atoms with Crippen molar-refractivity contribution in [1.29, 1.82) is 0 Å². The van der Waals surface area contributed by atoms with E-state index in [4.69, 9.17) is 17.2 Å². The van der Waals surface area contributed by atoms with Gasteiger partial charge in [-0.2, -0.15) is 0 Å². The normalized spacial score (nSPS) is 16.9. The van der Waals surface area contributed by atoms with Gasteiger partial charge in [-0.15, -0.1) is 0 Å². The maximum atomic E-state index is 14.0. The molecular formula is C43H54N12O9. The van der Waals surface area contributed by atoms with Crippen LogP contribution in [0, 0.1) is 0 Å². The van der Waals surface area contributed by atoms with Crippen LogP contribution in [-0.2, 0) is 51.9 Å². The van der Waals surface area contributed by atoms with E-state index in [0.717, 1.165) is 34.7 Å². The molecule has 1 aromatic carbocycles.